The van der Waals surface area contributed by atoms with Crippen molar-refractivity contribution in [1.29, 1.82) is 0 Å². The van der Waals surface area contributed by atoms with Gasteiger partial charge in [0, 0.05) is 32.2 Å². The molecule has 1 fully saturated rings. The van der Waals surface area contributed by atoms with Crippen LogP contribution in [0.2, 0.25) is 0 Å². The Morgan fingerprint density at radius 2 is 1.86 bits per heavy atom. The van der Waals surface area contributed by atoms with E-state index in [1.807, 2.05) is 6.92 Å². The van der Waals surface area contributed by atoms with Crippen molar-refractivity contribution in [2.45, 2.75) is 26.3 Å². The van der Waals surface area contributed by atoms with Gasteiger partial charge in [0.05, 0.1) is 12.2 Å². The second kappa shape index (κ2) is 7.15. The number of benzene rings is 1. The Bertz CT molecular complexity index is 539. The number of piperazine rings is 1. The van der Waals surface area contributed by atoms with Gasteiger partial charge in [-0.15, -0.1) is 0 Å². The average molecular weight is 312 g/mol. The number of nitrogens with zero attached hydrogens (tertiary/aromatic N) is 2. The van der Waals surface area contributed by atoms with Crippen LogP contribution in [-0.2, 0) is 0 Å². The number of aliphatic hydroxyl groups is 1. The highest BCUT2D eigenvalue weighted by atomic mass is 19.1. The molecule has 1 atom stereocenters. The van der Waals surface area contributed by atoms with E-state index in [4.69, 9.17) is 0 Å². The van der Waals surface area contributed by atoms with Gasteiger partial charge in [-0.1, -0.05) is 6.92 Å². The Balaban J connectivity index is 2.05. The van der Waals surface area contributed by atoms with Crippen LogP contribution in [0, 0.1) is 18.6 Å². The molecule has 0 bridgehead atoms. The molecule has 0 aromatic heterocycles. The largest absolute Gasteiger partial charge is 0.395 e. The van der Waals surface area contributed by atoms with E-state index < -0.39 is 17.5 Å². The summed E-state index contributed by atoms with van der Waals surface area (Å²) in [4.78, 5) is 16.0. The van der Waals surface area contributed by atoms with Crippen LogP contribution in [0.1, 0.15) is 29.3 Å². The first-order valence-corrected chi connectivity index (χ1v) is 7.57. The number of hydrogen-bond acceptors (Lipinski definition) is 3. The molecule has 1 aromatic rings. The number of aryl methyl sites for hydroxylation is 1. The van der Waals surface area contributed by atoms with Crippen molar-refractivity contribution in [2.24, 2.45) is 0 Å². The minimum absolute atomic E-state index is 0.0856. The molecule has 0 saturated carbocycles. The molecule has 1 aliphatic rings. The Morgan fingerprint density at radius 3 is 2.41 bits per heavy atom. The van der Waals surface area contributed by atoms with E-state index in [9.17, 15) is 18.7 Å². The van der Waals surface area contributed by atoms with Gasteiger partial charge >= 0.3 is 0 Å². The number of hydrogen-bond donors (Lipinski definition) is 1. The van der Waals surface area contributed by atoms with Gasteiger partial charge in [0.15, 0.2) is 0 Å². The van der Waals surface area contributed by atoms with Gasteiger partial charge in [-0.05, 0) is 31.0 Å². The van der Waals surface area contributed by atoms with Gasteiger partial charge in [0.25, 0.3) is 5.91 Å². The smallest absolute Gasteiger partial charge is 0.257 e. The maximum absolute atomic E-state index is 13.9. The molecule has 0 radical (unpaired) electrons. The predicted molar refractivity (Wildman–Crippen MR) is 79.7 cm³/mol. The van der Waals surface area contributed by atoms with Crippen molar-refractivity contribution in [3.8, 4) is 0 Å². The molecule has 1 saturated heterocycles. The zero-order valence-corrected chi connectivity index (χ0v) is 13.0. The molecule has 1 N–H and O–H groups in total. The second-order valence-corrected chi connectivity index (χ2v) is 5.65. The van der Waals surface area contributed by atoms with Crippen LogP contribution in [0.5, 0.6) is 0 Å². The van der Waals surface area contributed by atoms with E-state index >= 15 is 0 Å². The fourth-order valence-corrected chi connectivity index (χ4v) is 2.77. The van der Waals surface area contributed by atoms with Crippen molar-refractivity contribution in [3.63, 3.8) is 0 Å². The van der Waals surface area contributed by atoms with E-state index in [2.05, 4.69) is 4.90 Å². The van der Waals surface area contributed by atoms with E-state index in [-0.39, 0.29) is 23.8 Å². The van der Waals surface area contributed by atoms with Gasteiger partial charge in [0.1, 0.15) is 11.6 Å². The first-order chi connectivity index (χ1) is 10.5. The molecule has 1 amide bonds. The van der Waals surface area contributed by atoms with Crippen molar-refractivity contribution in [2.75, 3.05) is 32.8 Å². The van der Waals surface area contributed by atoms with Crippen LogP contribution in [0.4, 0.5) is 8.78 Å². The molecule has 1 heterocycles. The average Bonchev–Trinajstić information content (AvgIpc) is 2.52. The normalized spacial score (nSPS) is 17.6. The summed E-state index contributed by atoms with van der Waals surface area (Å²) in [6.45, 7) is 5.70. The summed E-state index contributed by atoms with van der Waals surface area (Å²) in [6, 6.07) is 2.12. The summed E-state index contributed by atoms with van der Waals surface area (Å²) in [5, 5.41) is 9.31. The molecule has 0 aliphatic carbocycles. The predicted octanol–water partition coefficient (Wildman–Crippen LogP) is 1.80. The van der Waals surface area contributed by atoms with E-state index in [0.29, 0.717) is 26.2 Å². The van der Waals surface area contributed by atoms with Gasteiger partial charge < -0.3 is 10.0 Å². The maximum atomic E-state index is 13.9. The Labute approximate surface area is 129 Å². The molecule has 22 heavy (non-hydrogen) atoms. The van der Waals surface area contributed by atoms with E-state index in [1.54, 1.807) is 0 Å². The molecule has 2 rings (SSSR count). The molecule has 4 nitrogen and oxygen atoms in total. The summed E-state index contributed by atoms with van der Waals surface area (Å²) < 4.78 is 27.5. The molecule has 122 valence electrons. The number of amides is 1. The third kappa shape index (κ3) is 3.44. The quantitative estimate of drug-likeness (QED) is 0.922. The van der Waals surface area contributed by atoms with Gasteiger partial charge in [0.2, 0.25) is 0 Å². The zero-order chi connectivity index (χ0) is 16.3. The highest BCUT2D eigenvalue weighted by Crippen LogP contribution is 2.18. The van der Waals surface area contributed by atoms with E-state index in [1.165, 1.54) is 11.8 Å². The third-order valence-electron chi connectivity index (χ3n) is 4.28. The minimum Gasteiger partial charge on any atom is -0.395 e. The standard InChI is InChI=1S/C16H22F2N2O2/c1-3-12(10-21)19-4-6-20(7-5-19)16(22)13-9-14(17)11(2)8-15(13)18/h8-9,12,21H,3-7,10H2,1-2H3. The van der Waals surface area contributed by atoms with Crippen LogP contribution >= 0.6 is 0 Å². The lowest BCUT2D eigenvalue weighted by molar-refractivity contribution is 0.0468. The Kier molecular flexibility index (Phi) is 5.47. The number of aliphatic hydroxyl groups excluding tert-OH is 1. The zero-order valence-electron chi connectivity index (χ0n) is 13.0. The summed E-state index contributed by atoms with van der Waals surface area (Å²) in [5.41, 5.74) is -0.0293. The lowest BCUT2D eigenvalue weighted by atomic mass is 10.1. The first-order valence-electron chi connectivity index (χ1n) is 7.57. The lowest BCUT2D eigenvalue weighted by Crippen LogP contribution is -2.52. The summed E-state index contributed by atoms with van der Waals surface area (Å²) in [6.07, 6.45) is 0.836. The molecule has 1 aliphatic heterocycles. The van der Waals surface area contributed by atoms with Crippen LogP contribution < -0.4 is 0 Å². The molecule has 0 spiro atoms. The van der Waals surface area contributed by atoms with Gasteiger partial charge in [-0.3, -0.25) is 9.69 Å². The summed E-state index contributed by atoms with van der Waals surface area (Å²) in [7, 11) is 0. The van der Waals surface area contributed by atoms with E-state index in [0.717, 1.165) is 18.6 Å². The van der Waals surface area contributed by atoms with Crippen molar-refractivity contribution < 1.29 is 18.7 Å². The third-order valence-corrected chi connectivity index (χ3v) is 4.28. The van der Waals surface area contributed by atoms with Crippen LogP contribution in [-0.4, -0.2) is 59.6 Å². The maximum Gasteiger partial charge on any atom is 0.257 e. The first kappa shape index (κ1) is 16.8. The van der Waals surface area contributed by atoms with Gasteiger partial charge in [-0.25, -0.2) is 8.78 Å². The molecular formula is C16H22F2N2O2. The molecule has 1 unspecified atom stereocenters. The Morgan fingerprint density at radius 1 is 1.23 bits per heavy atom. The van der Waals surface area contributed by atoms with Crippen LogP contribution in [0.25, 0.3) is 0 Å². The van der Waals surface area contributed by atoms with Crippen LogP contribution in [0.15, 0.2) is 12.1 Å². The number of halogens is 2. The lowest BCUT2D eigenvalue weighted by Gasteiger charge is -2.38. The summed E-state index contributed by atoms with van der Waals surface area (Å²) >= 11 is 0. The Hall–Kier alpha value is -1.53. The highest BCUT2D eigenvalue weighted by molar-refractivity contribution is 5.94. The summed E-state index contributed by atoms with van der Waals surface area (Å²) in [5.74, 6) is -1.74. The number of rotatable bonds is 4. The van der Waals surface area contributed by atoms with Crippen LogP contribution in [0.3, 0.4) is 0 Å². The van der Waals surface area contributed by atoms with Crippen molar-refractivity contribution in [1.82, 2.24) is 9.80 Å². The minimum atomic E-state index is -0.687. The second-order valence-electron chi connectivity index (χ2n) is 5.65. The molecule has 6 heteroatoms. The SMILES string of the molecule is CCC(CO)N1CCN(C(=O)c2cc(F)c(C)cc2F)CC1. The molecular weight excluding hydrogens is 290 g/mol. The number of carbonyl (C=O) groups is 1. The topological polar surface area (TPSA) is 43.8 Å². The number of carbonyl (C=O) groups excluding carboxylic acids is 1. The van der Waals surface area contributed by atoms with Crippen molar-refractivity contribution >= 4 is 5.91 Å². The fourth-order valence-electron chi connectivity index (χ4n) is 2.77. The monoisotopic (exact) mass is 312 g/mol. The highest BCUT2D eigenvalue weighted by Gasteiger charge is 2.27. The fraction of sp³-hybridized carbons (Fsp3) is 0.562. The molecule has 1 aromatic carbocycles. The van der Waals surface area contributed by atoms with Crippen molar-refractivity contribution in [3.05, 3.63) is 34.9 Å². The van der Waals surface area contributed by atoms with Gasteiger partial charge in [-0.2, -0.15) is 0 Å².